The van der Waals surface area contributed by atoms with E-state index >= 15 is 0 Å². The van der Waals surface area contributed by atoms with E-state index in [0.717, 1.165) is 6.42 Å². The van der Waals surface area contributed by atoms with Crippen LogP contribution in [0.2, 0.25) is 0 Å². The molecule has 2 heterocycles. The molecule has 0 aromatic carbocycles. The number of Topliss-reactive ketones (excluding diaryl/α,β-unsaturated/α-hetero) is 2. The van der Waals surface area contributed by atoms with E-state index in [0.29, 0.717) is 133 Å². The number of imide groups is 1. The molecule has 2 rings (SSSR count). The van der Waals surface area contributed by atoms with Crippen LogP contribution in [0.25, 0.3) is 10.4 Å². The molecule has 1 aliphatic rings. The van der Waals surface area contributed by atoms with E-state index in [1.54, 1.807) is 22.6 Å². The maximum Gasteiger partial charge on any atom is 0.243 e. The summed E-state index contributed by atoms with van der Waals surface area (Å²) >= 11 is 3.07. The number of carbonyl (C=O) groups is 8. The molecule has 0 fully saturated rings. The Morgan fingerprint density at radius 1 is 0.855 bits per heavy atom. The summed E-state index contributed by atoms with van der Waals surface area (Å²) in [5.74, 6) is 2.07. The van der Waals surface area contributed by atoms with E-state index in [4.69, 9.17) is 29.8 Å². The van der Waals surface area contributed by atoms with Crippen molar-refractivity contribution in [2.75, 3.05) is 50.2 Å². The molecule has 0 saturated carbocycles. The van der Waals surface area contributed by atoms with Crippen molar-refractivity contribution in [2.45, 2.75) is 172 Å². The average Bonchev–Trinajstić information content (AvgIpc) is 3.85. The summed E-state index contributed by atoms with van der Waals surface area (Å²) in [6, 6.07) is -4.30. The highest BCUT2D eigenvalue weighted by Crippen LogP contribution is 2.20. The zero-order valence-corrected chi connectivity index (χ0v) is 46.1. The number of terminal acetylenes is 2. The maximum atomic E-state index is 13.9. The van der Waals surface area contributed by atoms with Crippen molar-refractivity contribution in [3.8, 4) is 24.7 Å². The number of hydrogen-bond acceptors (Lipinski definition) is 17. The fourth-order valence-electron chi connectivity index (χ4n) is 8.28. The number of nitrogens with one attached hydrogen (secondary N) is 7. The van der Waals surface area contributed by atoms with Crippen LogP contribution in [0.15, 0.2) is 11.3 Å². The number of amides is 6. The zero-order valence-electron chi connectivity index (χ0n) is 44.5. The molecule has 422 valence electrons. The summed E-state index contributed by atoms with van der Waals surface area (Å²) in [6.07, 6.45) is 25.8. The van der Waals surface area contributed by atoms with Gasteiger partial charge in [0.2, 0.25) is 35.4 Å². The van der Waals surface area contributed by atoms with Gasteiger partial charge in [-0.05, 0) is 93.8 Å². The Morgan fingerprint density at radius 2 is 1.54 bits per heavy atom. The monoisotopic (exact) mass is 1100 g/mol. The van der Waals surface area contributed by atoms with Crippen molar-refractivity contribution < 1.29 is 38.4 Å². The molecule has 2 unspecified atom stereocenters. The third kappa shape index (κ3) is 28.6. The number of thioether (sulfide) groups is 2. The first-order valence-corrected chi connectivity index (χ1v) is 29.3. The second-order valence-corrected chi connectivity index (χ2v) is 20.9. The number of aromatic nitrogens is 3. The van der Waals surface area contributed by atoms with Crippen LogP contribution in [0.1, 0.15) is 134 Å². The summed E-state index contributed by atoms with van der Waals surface area (Å²) in [6.45, 7) is 1.34. The van der Waals surface area contributed by atoms with E-state index in [-0.39, 0.29) is 80.4 Å². The minimum Gasteiger partial charge on any atom is -0.356 e. The molecule has 6 amide bonds. The lowest BCUT2D eigenvalue weighted by atomic mass is 9.94. The highest BCUT2D eigenvalue weighted by molar-refractivity contribution is 7.98. The summed E-state index contributed by atoms with van der Waals surface area (Å²) in [7, 11) is 0. The van der Waals surface area contributed by atoms with E-state index in [2.05, 4.69) is 69.6 Å². The fourth-order valence-corrected chi connectivity index (χ4v) is 9.22. The number of fused-ring (bicyclic) bond motifs is 2. The van der Waals surface area contributed by atoms with Crippen molar-refractivity contribution in [3.05, 3.63) is 22.3 Å². The van der Waals surface area contributed by atoms with Crippen molar-refractivity contribution >= 4 is 70.5 Å². The number of aryl methyl sites for hydroxylation is 1. The highest BCUT2D eigenvalue weighted by Gasteiger charge is 2.29. The second-order valence-electron chi connectivity index (χ2n) is 18.9. The number of carbonyl (C=O) groups excluding carboxylic acids is 8. The van der Waals surface area contributed by atoms with Crippen LogP contribution in [-0.2, 0) is 51.3 Å². The Labute approximate surface area is 456 Å². The molecule has 1 aromatic heterocycles. The lowest BCUT2D eigenvalue weighted by Gasteiger charge is -2.23. The van der Waals surface area contributed by atoms with Gasteiger partial charge in [0.15, 0.2) is 11.6 Å². The Bertz CT molecular complexity index is 2110. The molecule has 0 spiro atoms. The number of hydrogen-bond donors (Lipinski definition) is 9. The molecular formula is C51H83N15O8S2. The van der Waals surface area contributed by atoms with Gasteiger partial charge in [0, 0.05) is 81.2 Å². The summed E-state index contributed by atoms with van der Waals surface area (Å²) in [4.78, 5) is 108. The van der Waals surface area contributed by atoms with Gasteiger partial charge in [-0.15, -0.1) is 29.8 Å². The topological polar surface area (TPSA) is 352 Å². The molecule has 25 heteroatoms. The number of ketones is 2. The van der Waals surface area contributed by atoms with Gasteiger partial charge < -0.3 is 27.4 Å². The fraction of sp³-hybridized carbons (Fsp3) is 0.725. The first kappa shape index (κ1) is 66.6. The van der Waals surface area contributed by atoms with Crippen LogP contribution in [0.5, 0.6) is 0 Å². The van der Waals surface area contributed by atoms with E-state index in [9.17, 15) is 38.4 Å². The van der Waals surface area contributed by atoms with Crippen LogP contribution in [0, 0.1) is 36.5 Å². The van der Waals surface area contributed by atoms with Gasteiger partial charge in [0.05, 0.1) is 36.4 Å². The van der Waals surface area contributed by atoms with Gasteiger partial charge in [0.25, 0.3) is 0 Å². The third-order valence-electron chi connectivity index (χ3n) is 12.9. The molecule has 7 atom stereocenters. The lowest BCUT2D eigenvalue weighted by Crippen LogP contribution is -2.54. The van der Waals surface area contributed by atoms with E-state index < -0.39 is 53.8 Å². The predicted octanol–water partition coefficient (Wildman–Crippen LogP) is 2.27. The number of nitrogens with zero attached hydrogens (tertiary/aromatic N) is 6. The van der Waals surface area contributed by atoms with Crippen LogP contribution >= 0.6 is 23.5 Å². The Morgan fingerprint density at radius 3 is 2.24 bits per heavy atom. The minimum atomic E-state index is -0.959. The molecule has 0 saturated heterocycles. The maximum absolute atomic E-state index is 13.9. The van der Waals surface area contributed by atoms with Gasteiger partial charge in [-0.25, -0.2) is 5.43 Å². The van der Waals surface area contributed by atoms with Crippen LogP contribution < -0.4 is 48.9 Å². The van der Waals surface area contributed by atoms with Crippen molar-refractivity contribution in [2.24, 2.45) is 28.4 Å². The van der Waals surface area contributed by atoms with Crippen LogP contribution in [0.3, 0.4) is 0 Å². The van der Waals surface area contributed by atoms with Crippen molar-refractivity contribution in [3.63, 3.8) is 0 Å². The summed E-state index contributed by atoms with van der Waals surface area (Å²) < 4.78 is 1.66. The van der Waals surface area contributed by atoms with Gasteiger partial charge >= 0.3 is 0 Å². The molecule has 1 aliphatic heterocycles. The number of hydrazine groups is 1. The number of azide groups is 1. The smallest absolute Gasteiger partial charge is 0.243 e. The molecule has 11 N–H and O–H groups in total. The molecular weight excluding hydrogens is 1010 g/mol. The largest absolute Gasteiger partial charge is 0.356 e. The molecule has 1 aromatic rings. The van der Waals surface area contributed by atoms with E-state index in [1.165, 1.54) is 11.8 Å². The van der Waals surface area contributed by atoms with Gasteiger partial charge in [0.1, 0.15) is 6.04 Å². The second kappa shape index (κ2) is 40.7. The first-order chi connectivity index (χ1) is 36.7. The minimum absolute atomic E-state index is 0.00787. The first-order valence-electron chi connectivity index (χ1n) is 26.5. The van der Waals surface area contributed by atoms with Gasteiger partial charge in [-0.1, -0.05) is 48.9 Å². The molecule has 0 radical (unpaired) electrons. The van der Waals surface area contributed by atoms with Gasteiger partial charge in [-0.3, -0.25) is 59.1 Å². The third-order valence-corrected chi connectivity index (χ3v) is 14.1. The van der Waals surface area contributed by atoms with Gasteiger partial charge in [-0.2, -0.15) is 23.5 Å². The Hall–Kier alpha value is -5.53. The highest BCUT2D eigenvalue weighted by atomic mass is 32.2. The number of rotatable bonds is 34. The SMILES string of the molecule is C#CC[C@@H](N)C(=O)CCC(=O)NCCCCC[C@@H](CCCCN=[N+]=[N-])C(=O)NC(=O)[C@H](CCSC)NCC(=O)[C@H](CCSC)NNC(=O)C1CCCCCNC(=O)C(NC(=O)[C@@H](N)CC#C)Cc2cn(nn2)CCCC1. The van der Waals surface area contributed by atoms with Crippen molar-refractivity contribution in [1.82, 2.24) is 52.4 Å². The normalized spacial score (nSPS) is 17.3. The molecule has 76 heavy (non-hydrogen) atoms. The number of unbranched alkanes of at least 4 members (excludes halogenated alkanes) is 3. The summed E-state index contributed by atoms with van der Waals surface area (Å²) in [5.41, 5.74) is 26.7. The average molecular weight is 1100 g/mol. The Kier molecular flexibility index (Phi) is 35.6. The molecule has 2 bridgehead atoms. The Balaban J connectivity index is 2.02. The van der Waals surface area contributed by atoms with Crippen LogP contribution in [0.4, 0.5) is 0 Å². The lowest BCUT2D eigenvalue weighted by molar-refractivity contribution is -0.134. The molecule has 23 nitrogen and oxygen atoms in total. The van der Waals surface area contributed by atoms with Crippen LogP contribution in [-0.4, -0.2) is 142 Å². The summed E-state index contributed by atoms with van der Waals surface area (Å²) in [5, 5.41) is 26.1. The zero-order chi connectivity index (χ0) is 55.9. The number of nitrogens with two attached hydrogens (primary N) is 2. The standard InChI is InChI=1S/C51H83N15O8S2/c1-5-17-39(52)44(67)23-24-46(69)55-27-13-7-9-19-36(21-11-15-29-58-64-54)47(70)60-51(74)42(26-32-76-4)57-34-45(68)41(25-31-75-3)62-63-48(71)37-20-10-8-14-28-56-50(73)43(59-49(72)40(53)18-6-2)33-38-35-66(65-61-38)30-16-12-22-37/h1-2,35-37,39-43,57,62H,7-34,52-53H2,3-4H3,(H,55,69)(H,56,73)(H,59,72)(H,63,71)(H,60,70,74)/t36-,37?,39+,40-,41-,42-,43?/m0/s1. The predicted molar refractivity (Wildman–Crippen MR) is 295 cm³/mol. The van der Waals surface area contributed by atoms with E-state index in [1.807, 2.05) is 12.5 Å². The van der Waals surface area contributed by atoms with Crippen molar-refractivity contribution in [1.29, 1.82) is 0 Å². The quantitative estimate of drug-likeness (QED) is 0.0119. The molecule has 0 aliphatic carbocycles.